The Kier molecular flexibility index (Phi) is 5.51. The van der Waals surface area contributed by atoms with E-state index in [4.69, 9.17) is 9.72 Å². The largest absolute Gasteiger partial charge is 0.377 e. The lowest BCUT2D eigenvalue weighted by molar-refractivity contribution is 0.0952. The molecular weight excluding hydrogens is 446 g/mol. The van der Waals surface area contributed by atoms with Gasteiger partial charge in [-0.05, 0) is 61.1 Å². The molecule has 0 bridgehead atoms. The second-order valence-corrected chi connectivity index (χ2v) is 9.95. The van der Waals surface area contributed by atoms with Crippen LogP contribution in [0.2, 0.25) is 0 Å². The number of nitrogens with one attached hydrogen (secondary N) is 1. The summed E-state index contributed by atoms with van der Waals surface area (Å²) in [5, 5.41) is 3.09. The number of hydrogen-bond acceptors (Lipinski definition) is 5. The fraction of sp³-hybridized carbons (Fsp3) is 0.296. The molecular formula is C27H25N3O3S. The van der Waals surface area contributed by atoms with E-state index in [9.17, 15) is 9.59 Å². The minimum atomic E-state index is -0.108. The molecule has 2 amide bonds. The smallest absolute Gasteiger partial charge is 0.276 e. The van der Waals surface area contributed by atoms with E-state index in [0.29, 0.717) is 37.9 Å². The first-order valence-corrected chi connectivity index (χ1v) is 12.6. The van der Waals surface area contributed by atoms with Crippen molar-refractivity contribution in [2.24, 2.45) is 0 Å². The molecule has 6 nitrogen and oxygen atoms in total. The first kappa shape index (κ1) is 21.3. The normalized spacial score (nSPS) is 17.3. The van der Waals surface area contributed by atoms with Gasteiger partial charge in [0.2, 0.25) is 0 Å². The van der Waals surface area contributed by atoms with Gasteiger partial charge in [0.1, 0.15) is 5.69 Å². The predicted octanol–water partition coefficient (Wildman–Crippen LogP) is 4.71. The molecule has 3 aromatic rings. The van der Waals surface area contributed by atoms with Gasteiger partial charge in [0.15, 0.2) is 0 Å². The Morgan fingerprint density at radius 2 is 1.97 bits per heavy atom. The van der Waals surface area contributed by atoms with Crippen LogP contribution in [0.4, 0.5) is 5.69 Å². The fourth-order valence-corrected chi connectivity index (χ4v) is 5.68. The molecule has 0 spiro atoms. The average Bonchev–Trinajstić information content (AvgIpc) is 3.63. The summed E-state index contributed by atoms with van der Waals surface area (Å²) < 4.78 is 5.41. The molecule has 0 radical (unpaired) electrons. The lowest BCUT2D eigenvalue weighted by atomic mass is 10.1. The van der Waals surface area contributed by atoms with E-state index in [2.05, 4.69) is 5.32 Å². The molecule has 1 aromatic carbocycles. The minimum Gasteiger partial charge on any atom is -0.377 e. The molecule has 0 unspecified atom stereocenters. The van der Waals surface area contributed by atoms with Crippen molar-refractivity contribution in [2.45, 2.75) is 31.7 Å². The van der Waals surface area contributed by atoms with E-state index in [1.165, 1.54) is 11.3 Å². The number of para-hydroxylation sites is 1. The van der Waals surface area contributed by atoms with Crippen LogP contribution in [0.3, 0.4) is 0 Å². The van der Waals surface area contributed by atoms with E-state index < -0.39 is 0 Å². The van der Waals surface area contributed by atoms with E-state index >= 15 is 0 Å². The maximum absolute atomic E-state index is 13.7. The Labute approximate surface area is 202 Å². The molecule has 4 heterocycles. The van der Waals surface area contributed by atoms with Gasteiger partial charge < -0.3 is 15.0 Å². The lowest BCUT2D eigenvalue weighted by Gasteiger charge is -2.23. The zero-order valence-electron chi connectivity index (χ0n) is 18.8. The van der Waals surface area contributed by atoms with Crippen molar-refractivity contribution < 1.29 is 14.3 Å². The van der Waals surface area contributed by atoms with Gasteiger partial charge in [-0.15, -0.1) is 11.3 Å². The molecule has 7 heteroatoms. The van der Waals surface area contributed by atoms with Gasteiger partial charge in [-0.1, -0.05) is 30.3 Å². The number of aromatic nitrogens is 1. The van der Waals surface area contributed by atoms with E-state index in [0.717, 1.165) is 57.1 Å². The summed E-state index contributed by atoms with van der Waals surface area (Å²) in [6.45, 7) is 1.79. The standard InChI is InChI=1S/C27H25N3O3S/c31-26(28-19-8-9-19)24-16-18-10-13-30(23-7-2-1-4-20(23)25(18)34-24)27(32)22-6-3-5-21(29-22)17-11-14-33-15-12-17/h1-7,11,16,19H,8-10,12-15H2,(H,28,31). The Morgan fingerprint density at radius 1 is 1.09 bits per heavy atom. The van der Waals surface area contributed by atoms with Crippen molar-refractivity contribution in [2.75, 3.05) is 24.7 Å². The van der Waals surface area contributed by atoms with Crippen molar-refractivity contribution in [3.8, 4) is 10.4 Å². The maximum atomic E-state index is 13.7. The molecule has 2 aliphatic heterocycles. The maximum Gasteiger partial charge on any atom is 0.276 e. The highest BCUT2D eigenvalue weighted by Gasteiger charge is 2.29. The highest BCUT2D eigenvalue weighted by molar-refractivity contribution is 7.17. The number of rotatable bonds is 4. The highest BCUT2D eigenvalue weighted by Crippen LogP contribution is 2.42. The van der Waals surface area contributed by atoms with Crippen LogP contribution in [0.5, 0.6) is 0 Å². The van der Waals surface area contributed by atoms with E-state index in [-0.39, 0.29) is 11.8 Å². The van der Waals surface area contributed by atoms with Crippen LogP contribution in [0.15, 0.2) is 54.6 Å². The summed E-state index contributed by atoms with van der Waals surface area (Å²) >= 11 is 1.52. The third kappa shape index (κ3) is 4.06. The van der Waals surface area contributed by atoms with Gasteiger partial charge in [0, 0.05) is 23.0 Å². The van der Waals surface area contributed by atoms with Crippen LogP contribution in [0.1, 0.15) is 50.7 Å². The lowest BCUT2D eigenvalue weighted by Crippen LogP contribution is -2.33. The summed E-state index contributed by atoms with van der Waals surface area (Å²) in [5.41, 5.74) is 5.36. The number of pyridine rings is 1. The molecule has 172 valence electrons. The average molecular weight is 472 g/mol. The van der Waals surface area contributed by atoms with Crippen LogP contribution in [0.25, 0.3) is 16.0 Å². The Balaban J connectivity index is 1.32. The van der Waals surface area contributed by atoms with Gasteiger partial charge in [-0.3, -0.25) is 9.59 Å². The number of ether oxygens (including phenoxy) is 1. The molecule has 1 fully saturated rings. The molecule has 3 aliphatic rings. The number of amides is 2. The molecule has 1 N–H and O–H groups in total. The molecule has 0 atom stereocenters. The zero-order chi connectivity index (χ0) is 23.1. The van der Waals surface area contributed by atoms with Crippen molar-refractivity contribution >= 4 is 34.4 Å². The van der Waals surface area contributed by atoms with Crippen molar-refractivity contribution in [3.05, 3.63) is 76.4 Å². The Morgan fingerprint density at radius 3 is 2.79 bits per heavy atom. The van der Waals surface area contributed by atoms with E-state index in [1.54, 1.807) is 6.07 Å². The number of benzene rings is 1. The molecule has 1 aliphatic carbocycles. The molecule has 1 saturated carbocycles. The van der Waals surface area contributed by atoms with Crippen LogP contribution in [0, 0.1) is 0 Å². The van der Waals surface area contributed by atoms with Crippen molar-refractivity contribution in [3.63, 3.8) is 0 Å². The number of thiophene rings is 1. The summed E-state index contributed by atoms with van der Waals surface area (Å²) in [7, 11) is 0. The van der Waals surface area contributed by atoms with Gasteiger partial charge in [0.05, 0.1) is 29.5 Å². The quantitative estimate of drug-likeness (QED) is 0.598. The van der Waals surface area contributed by atoms with Gasteiger partial charge in [0.25, 0.3) is 11.8 Å². The molecule has 6 rings (SSSR count). The monoisotopic (exact) mass is 471 g/mol. The van der Waals surface area contributed by atoms with Gasteiger partial charge in [-0.25, -0.2) is 4.98 Å². The Hall–Kier alpha value is -3.29. The fourth-order valence-electron chi connectivity index (χ4n) is 4.53. The van der Waals surface area contributed by atoms with Crippen molar-refractivity contribution in [1.29, 1.82) is 0 Å². The third-order valence-corrected chi connectivity index (χ3v) is 7.70. The van der Waals surface area contributed by atoms with Crippen LogP contribution < -0.4 is 10.2 Å². The number of fused-ring (bicyclic) bond motifs is 3. The van der Waals surface area contributed by atoms with Gasteiger partial charge >= 0.3 is 0 Å². The number of carbonyl (C=O) groups excluding carboxylic acids is 2. The van der Waals surface area contributed by atoms with Crippen LogP contribution >= 0.6 is 11.3 Å². The first-order chi connectivity index (χ1) is 16.7. The molecule has 2 aromatic heterocycles. The highest BCUT2D eigenvalue weighted by atomic mass is 32.1. The topological polar surface area (TPSA) is 71.5 Å². The number of anilines is 1. The molecule has 34 heavy (non-hydrogen) atoms. The summed E-state index contributed by atoms with van der Waals surface area (Å²) in [5.74, 6) is -0.0989. The first-order valence-electron chi connectivity index (χ1n) is 11.8. The van der Waals surface area contributed by atoms with Gasteiger partial charge in [-0.2, -0.15) is 0 Å². The predicted molar refractivity (Wildman–Crippen MR) is 133 cm³/mol. The number of hydrogen-bond donors (Lipinski definition) is 1. The SMILES string of the molecule is O=C(NC1CC1)c1cc2c(s1)-c1ccccc1N(C(=O)c1cccc(C3=CCOCC3)n1)CC2. The molecule has 0 saturated heterocycles. The summed E-state index contributed by atoms with van der Waals surface area (Å²) in [6, 6.07) is 15.9. The summed E-state index contributed by atoms with van der Waals surface area (Å²) in [4.78, 5) is 34.7. The minimum absolute atomic E-state index is 0.00872. The van der Waals surface area contributed by atoms with E-state index in [1.807, 2.05) is 53.4 Å². The second kappa shape index (κ2) is 8.81. The van der Waals surface area contributed by atoms with Crippen LogP contribution in [-0.4, -0.2) is 42.6 Å². The second-order valence-electron chi connectivity index (χ2n) is 8.90. The Bertz CT molecular complexity index is 1310. The third-order valence-electron chi connectivity index (χ3n) is 6.50. The van der Waals surface area contributed by atoms with Crippen molar-refractivity contribution in [1.82, 2.24) is 10.3 Å². The summed E-state index contributed by atoms with van der Waals surface area (Å²) in [6.07, 6.45) is 5.66. The number of carbonyl (C=O) groups is 2. The van der Waals surface area contributed by atoms with Crippen LogP contribution in [-0.2, 0) is 11.2 Å². The zero-order valence-corrected chi connectivity index (χ0v) is 19.6. The number of nitrogens with zero attached hydrogens (tertiary/aromatic N) is 2.